The van der Waals surface area contributed by atoms with Crippen molar-refractivity contribution in [1.82, 2.24) is 15.2 Å². The van der Waals surface area contributed by atoms with Crippen LogP contribution in [0.4, 0.5) is 0 Å². The Balaban J connectivity index is 1.31. The molecule has 0 saturated carbocycles. The zero-order valence-electron chi connectivity index (χ0n) is 16.3. The van der Waals surface area contributed by atoms with Crippen molar-refractivity contribution in [3.8, 4) is 11.3 Å². The number of amides is 2. The normalized spacial score (nSPS) is 16.6. The predicted octanol–water partition coefficient (Wildman–Crippen LogP) is 3.88. The highest BCUT2D eigenvalue weighted by molar-refractivity contribution is 7.09. The van der Waals surface area contributed by atoms with Gasteiger partial charge in [0.25, 0.3) is 5.91 Å². The first kappa shape index (κ1) is 19.4. The Morgan fingerprint density at radius 1 is 1.28 bits per heavy atom. The molecular weight excluding hydrogens is 386 g/mol. The van der Waals surface area contributed by atoms with Crippen LogP contribution in [0.1, 0.15) is 33.8 Å². The fraction of sp³-hybridized carbons (Fsp3) is 0.318. The van der Waals surface area contributed by atoms with Gasteiger partial charge in [-0.15, -0.1) is 11.3 Å². The van der Waals surface area contributed by atoms with E-state index in [4.69, 9.17) is 4.42 Å². The molecule has 0 aliphatic carbocycles. The molecule has 2 amide bonds. The van der Waals surface area contributed by atoms with Crippen LogP contribution in [0.15, 0.2) is 52.7 Å². The summed E-state index contributed by atoms with van der Waals surface area (Å²) in [7, 11) is 0. The number of nitrogens with one attached hydrogen (secondary N) is 1. The molecule has 1 aliphatic rings. The maximum atomic E-state index is 12.6. The molecule has 3 aromatic rings. The van der Waals surface area contributed by atoms with Crippen LogP contribution >= 0.6 is 11.3 Å². The number of hydrogen-bond acceptors (Lipinski definition) is 5. The summed E-state index contributed by atoms with van der Waals surface area (Å²) in [5, 5.41) is 6.11. The molecule has 1 fully saturated rings. The third kappa shape index (κ3) is 4.56. The number of carbonyl (C=O) groups excluding carboxylic acids is 2. The summed E-state index contributed by atoms with van der Waals surface area (Å²) in [5.74, 6) is -0.269. The summed E-state index contributed by atoms with van der Waals surface area (Å²) >= 11 is 1.63. The highest BCUT2D eigenvalue weighted by atomic mass is 32.1. The number of nitrogens with zero attached hydrogens (tertiary/aromatic N) is 2. The van der Waals surface area contributed by atoms with Crippen LogP contribution in [-0.2, 0) is 11.3 Å². The van der Waals surface area contributed by atoms with E-state index in [0.717, 1.165) is 34.7 Å². The van der Waals surface area contributed by atoms with E-state index in [1.165, 1.54) is 12.5 Å². The molecule has 1 aliphatic heterocycles. The summed E-state index contributed by atoms with van der Waals surface area (Å²) < 4.78 is 5.00. The van der Waals surface area contributed by atoms with Crippen molar-refractivity contribution in [2.45, 2.75) is 26.3 Å². The zero-order chi connectivity index (χ0) is 20.2. The van der Waals surface area contributed by atoms with E-state index in [2.05, 4.69) is 10.3 Å². The molecule has 4 rings (SSSR count). The molecule has 6 nitrogen and oxygen atoms in total. The minimum atomic E-state index is -0.183. The number of piperidine rings is 1. The van der Waals surface area contributed by atoms with Gasteiger partial charge in [0.05, 0.1) is 28.4 Å². The third-order valence-corrected chi connectivity index (χ3v) is 5.96. The predicted molar refractivity (Wildman–Crippen MR) is 111 cm³/mol. The Morgan fingerprint density at radius 2 is 2.10 bits per heavy atom. The number of rotatable bonds is 5. The molecule has 150 valence electrons. The lowest BCUT2D eigenvalue weighted by Gasteiger charge is -2.31. The van der Waals surface area contributed by atoms with E-state index in [0.29, 0.717) is 25.2 Å². The maximum Gasteiger partial charge on any atom is 0.257 e. The monoisotopic (exact) mass is 409 g/mol. The first-order valence-electron chi connectivity index (χ1n) is 9.71. The summed E-state index contributed by atoms with van der Waals surface area (Å²) in [6.45, 7) is 3.58. The topological polar surface area (TPSA) is 75.4 Å². The molecule has 0 radical (unpaired) electrons. The van der Waals surface area contributed by atoms with Gasteiger partial charge in [-0.3, -0.25) is 9.59 Å². The fourth-order valence-electron chi connectivity index (χ4n) is 3.57. The van der Waals surface area contributed by atoms with Crippen molar-refractivity contribution < 1.29 is 14.0 Å². The summed E-state index contributed by atoms with van der Waals surface area (Å²) in [5.41, 5.74) is 3.62. The van der Waals surface area contributed by atoms with Crippen molar-refractivity contribution in [3.05, 3.63) is 64.4 Å². The Bertz CT molecular complexity index is 979. The van der Waals surface area contributed by atoms with E-state index in [1.807, 2.05) is 36.6 Å². The highest BCUT2D eigenvalue weighted by Gasteiger charge is 2.29. The highest BCUT2D eigenvalue weighted by Crippen LogP contribution is 2.22. The van der Waals surface area contributed by atoms with Gasteiger partial charge in [0.2, 0.25) is 5.91 Å². The largest absolute Gasteiger partial charge is 0.472 e. The van der Waals surface area contributed by atoms with E-state index >= 15 is 0 Å². The lowest BCUT2D eigenvalue weighted by Crippen LogP contribution is -2.45. The Hall–Kier alpha value is -2.93. The molecular formula is C22H23N3O3S. The van der Waals surface area contributed by atoms with Crippen LogP contribution in [0.5, 0.6) is 0 Å². The molecule has 0 unspecified atom stereocenters. The van der Waals surface area contributed by atoms with Crippen LogP contribution in [0, 0.1) is 12.8 Å². The number of likely N-dealkylation sites (tertiary alicyclic amines) is 1. The second-order valence-electron chi connectivity index (χ2n) is 7.27. The molecule has 1 saturated heterocycles. The van der Waals surface area contributed by atoms with E-state index in [1.54, 1.807) is 22.3 Å². The van der Waals surface area contributed by atoms with Crippen molar-refractivity contribution in [2.24, 2.45) is 5.92 Å². The van der Waals surface area contributed by atoms with Crippen LogP contribution in [0.25, 0.3) is 11.3 Å². The standard InChI is InChI=1S/C22H23N3O3S/c1-15-24-20(14-29-15)17-6-4-16(5-7-17)11-23-21(26)18-3-2-9-25(12-18)22(27)19-8-10-28-13-19/h4-8,10,13-14,18H,2-3,9,11-12H2,1H3,(H,23,26)/t18-/m0/s1. The third-order valence-electron chi connectivity index (χ3n) is 5.18. The van der Waals surface area contributed by atoms with E-state index in [-0.39, 0.29) is 17.7 Å². The zero-order valence-corrected chi connectivity index (χ0v) is 17.1. The van der Waals surface area contributed by atoms with Gasteiger partial charge in [-0.1, -0.05) is 24.3 Å². The smallest absolute Gasteiger partial charge is 0.257 e. The van der Waals surface area contributed by atoms with Crippen LogP contribution < -0.4 is 5.32 Å². The molecule has 1 N–H and O–H groups in total. The van der Waals surface area contributed by atoms with Gasteiger partial charge < -0.3 is 14.6 Å². The summed E-state index contributed by atoms with van der Waals surface area (Å²) in [4.78, 5) is 31.4. The minimum absolute atomic E-state index is 0.00565. The van der Waals surface area contributed by atoms with E-state index < -0.39 is 0 Å². The van der Waals surface area contributed by atoms with Crippen molar-refractivity contribution in [3.63, 3.8) is 0 Å². The summed E-state index contributed by atoms with van der Waals surface area (Å²) in [6.07, 6.45) is 4.55. The fourth-order valence-corrected chi connectivity index (χ4v) is 4.19. The first-order chi connectivity index (χ1) is 14.1. The molecule has 0 spiro atoms. The van der Waals surface area contributed by atoms with Crippen molar-refractivity contribution in [2.75, 3.05) is 13.1 Å². The molecule has 29 heavy (non-hydrogen) atoms. The number of carbonyl (C=O) groups is 2. The number of thiazole rings is 1. The quantitative estimate of drug-likeness (QED) is 0.694. The van der Waals surface area contributed by atoms with Gasteiger partial charge in [0, 0.05) is 30.6 Å². The lowest BCUT2D eigenvalue weighted by atomic mass is 9.96. The van der Waals surface area contributed by atoms with Gasteiger partial charge in [-0.2, -0.15) is 0 Å². The number of aromatic nitrogens is 1. The Labute approximate surface area is 173 Å². The van der Waals surface area contributed by atoms with Crippen molar-refractivity contribution >= 4 is 23.2 Å². The van der Waals surface area contributed by atoms with E-state index in [9.17, 15) is 9.59 Å². The summed E-state index contributed by atoms with van der Waals surface area (Å²) in [6, 6.07) is 9.74. The maximum absolute atomic E-state index is 12.6. The van der Waals surface area contributed by atoms with Crippen molar-refractivity contribution in [1.29, 1.82) is 0 Å². The SMILES string of the molecule is Cc1nc(-c2ccc(CNC(=O)[C@H]3CCCN(C(=O)c4ccoc4)C3)cc2)cs1. The number of hydrogen-bond donors (Lipinski definition) is 1. The molecule has 1 aromatic carbocycles. The number of benzene rings is 1. The van der Waals surface area contributed by atoms with Gasteiger partial charge in [-0.05, 0) is 31.4 Å². The van der Waals surface area contributed by atoms with Gasteiger partial charge in [0.15, 0.2) is 0 Å². The van der Waals surface area contributed by atoms with Gasteiger partial charge in [0.1, 0.15) is 6.26 Å². The minimum Gasteiger partial charge on any atom is -0.472 e. The molecule has 1 atom stereocenters. The average molecular weight is 410 g/mol. The van der Waals surface area contributed by atoms with Gasteiger partial charge in [-0.25, -0.2) is 4.98 Å². The molecule has 7 heteroatoms. The molecule has 3 heterocycles. The first-order valence-corrected chi connectivity index (χ1v) is 10.6. The molecule has 0 bridgehead atoms. The Kier molecular flexibility index (Phi) is 5.76. The number of furan rings is 1. The van der Waals surface area contributed by atoms with Gasteiger partial charge >= 0.3 is 0 Å². The second kappa shape index (κ2) is 8.61. The van der Waals surface area contributed by atoms with Crippen LogP contribution in [-0.4, -0.2) is 34.8 Å². The van der Waals surface area contributed by atoms with Crippen LogP contribution in [0.2, 0.25) is 0 Å². The number of aryl methyl sites for hydroxylation is 1. The van der Waals surface area contributed by atoms with Crippen LogP contribution in [0.3, 0.4) is 0 Å². The lowest BCUT2D eigenvalue weighted by molar-refractivity contribution is -0.126. The second-order valence-corrected chi connectivity index (χ2v) is 8.33. The average Bonchev–Trinajstić information content (AvgIpc) is 3.44. The Morgan fingerprint density at radius 3 is 2.79 bits per heavy atom. The molecule has 2 aromatic heterocycles.